The molecule has 0 amide bonds. The summed E-state index contributed by atoms with van der Waals surface area (Å²) < 4.78 is 2.23. The van der Waals surface area contributed by atoms with Gasteiger partial charge in [0.05, 0.1) is 6.33 Å². The van der Waals surface area contributed by atoms with Crippen LogP contribution in [-0.4, -0.2) is 9.55 Å². The molecule has 1 saturated carbocycles. The van der Waals surface area contributed by atoms with Crippen LogP contribution in [0.1, 0.15) is 45.6 Å². The molecule has 0 radical (unpaired) electrons. The van der Waals surface area contributed by atoms with Crippen molar-refractivity contribution in [1.82, 2.24) is 9.55 Å². The van der Waals surface area contributed by atoms with Gasteiger partial charge in [0, 0.05) is 18.4 Å². The molecule has 1 fully saturated rings. The summed E-state index contributed by atoms with van der Waals surface area (Å²) in [6.07, 6.45) is 11.3. The normalized spacial score (nSPS) is 17.2. The van der Waals surface area contributed by atoms with Crippen LogP contribution in [0.3, 0.4) is 0 Å². The van der Waals surface area contributed by atoms with Crippen molar-refractivity contribution in [2.24, 2.45) is 0 Å². The van der Waals surface area contributed by atoms with Crippen LogP contribution < -0.4 is 0 Å². The van der Waals surface area contributed by atoms with Crippen LogP contribution in [0.4, 0.5) is 0 Å². The van der Waals surface area contributed by atoms with Gasteiger partial charge in [0.15, 0.2) is 0 Å². The minimum atomic E-state index is 0.752. The first kappa shape index (κ1) is 9.30. The highest BCUT2D eigenvalue weighted by atomic mass is 15.0. The molecule has 0 N–H and O–H groups in total. The first-order valence-corrected chi connectivity index (χ1v) is 4.94. The molecular weight excluding hydrogens is 148 g/mol. The van der Waals surface area contributed by atoms with Gasteiger partial charge in [-0.05, 0) is 12.8 Å². The van der Waals surface area contributed by atoms with E-state index in [1.54, 1.807) is 0 Å². The summed E-state index contributed by atoms with van der Waals surface area (Å²) in [5, 5.41) is 0. The Bertz CT molecular complexity index is 186. The Kier molecular flexibility index (Phi) is 3.85. The van der Waals surface area contributed by atoms with Crippen LogP contribution in [0.25, 0.3) is 0 Å². The van der Waals surface area contributed by atoms with Gasteiger partial charge in [0.2, 0.25) is 0 Å². The molecule has 1 aliphatic carbocycles. The lowest BCUT2D eigenvalue weighted by atomic mass is 10.2. The number of nitrogens with zero attached hydrogens (tertiary/aromatic N) is 2. The van der Waals surface area contributed by atoms with Gasteiger partial charge in [0.1, 0.15) is 0 Å². The maximum absolute atomic E-state index is 4.03. The van der Waals surface area contributed by atoms with Crippen molar-refractivity contribution < 1.29 is 0 Å². The van der Waals surface area contributed by atoms with E-state index in [2.05, 4.69) is 15.7 Å². The van der Waals surface area contributed by atoms with E-state index in [4.69, 9.17) is 0 Å². The van der Waals surface area contributed by atoms with Crippen LogP contribution in [-0.2, 0) is 0 Å². The van der Waals surface area contributed by atoms with E-state index in [1.807, 2.05) is 26.4 Å². The number of rotatable bonds is 1. The van der Waals surface area contributed by atoms with E-state index in [1.165, 1.54) is 25.7 Å². The number of hydrogen-bond donors (Lipinski definition) is 0. The first-order valence-electron chi connectivity index (χ1n) is 4.94. The smallest absolute Gasteiger partial charge is 0.0948 e. The summed E-state index contributed by atoms with van der Waals surface area (Å²) in [6, 6.07) is 0.752. The third-order valence-electron chi connectivity index (χ3n) is 2.27. The van der Waals surface area contributed by atoms with E-state index >= 15 is 0 Å². The molecule has 0 atom stereocenters. The van der Waals surface area contributed by atoms with Gasteiger partial charge in [-0.25, -0.2) is 4.98 Å². The number of imidazole rings is 1. The van der Waals surface area contributed by atoms with Gasteiger partial charge in [-0.1, -0.05) is 26.7 Å². The number of aromatic nitrogens is 2. The van der Waals surface area contributed by atoms with Crippen LogP contribution in [0, 0.1) is 0 Å². The minimum absolute atomic E-state index is 0.752. The highest BCUT2D eigenvalue weighted by Gasteiger charge is 2.15. The molecular formula is C10H18N2. The van der Waals surface area contributed by atoms with Gasteiger partial charge in [-0.3, -0.25) is 0 Å². The third-order valence-corrected chi connectivity index (χ3v) is 2.27. The molecule has 1 heterocycles. The SMILES string of the molecule is CC.c1cn(C2CCCC2)cn1. The van der Waals surface area contributed by atoms with Gasteiger partial charge in [-0.15, -0.1) is 0 Å². The Hall–Kier alpha value is -0.790. The molecule has 68 valence electrons. The molecule has 0 saturated heterocycles. The maximum Gasteiger partial charge on any atom is 0.0948 e. The van der Waals surface area contributed by atoms with E-state index in [0.29, 0.717) is 0 Å². The molecule has 2 nitrogen and oxygen atoms in total. The highest BCUT2D eigenvalue weighted by molar-refractivity contribution is 4.82. The lowest BCUT2D eigenvalue weighted by molar-refractivity contribution is 0.518. The molecule has 2 heteroatoms. The Morgan fingerprint density at radius 1 is 1.25 bits per heavy atom. The van der Waals surface area contributed by atoms with Crippen molar-refractivity contribution in [3.05, 3.63) is 18.7 Å². The summed E-state index contributed by atoms with van der Waals surface area (Å²) in [5.41, 5.74) is 0. The van der Waals surface area contributed by atoms with Gasteiger partial charge in [0.25, 0.3) is 0 Å². The molecule has 1 aliphatic rings. The Labute approximate surface area is 74.6 Å². The van der Waals surface area contributed by atoms with E-state index in [9.17, 15) is 0 Å². The predicted molar refractivity (Wildman–Crippen MR) is 51.1 cm³/mol. The van der Waals surface area contributed by atoms with Crippen molar-refractivity contribution in [1.29, 1.82) is 0 Å². The maximum atomic E-state index is 4.03. The zero-order valence-corrected chi connectivity index (χ0v) is 8.03. The Morgan fingerprint density at radius 3 is 2.42 bits per heavy atom. The van der Waals surface area contributed by atoms with Crippen molar-refractivity contribution >= 4 is 0 Å². The van der Waals surface area contributed by atoms with Gasteiger partial charge < -0.3 is 4.57 Å². The summed E-state index contributed by atoms with van der Waals surface area (Å²) in [7, 11) is 0. The first-order chi connectivity index (χ1) is 5.97. The van der Waals surface area contributed by atoms with Crippen molar-refractivity contribution in [2.75, 3.05) is 0 Å². The largest absolute Gasteiger partial charge is 0.334 e. The van der Waals surface area contributed by atoms with Crippen molar-refractivity contribution in [2.45, 2.75) is 45.6 Å². The van der Waals surface area contributed by atoms with Crippen LogP contribution in [0.5, 0.6) is 0 Å². The lowest BCUT2D eigenvalue weighted by Crippen LogP contribution is -2.00. The van der Waals surface area contributed by atoms with Crippen molar-refractivity contribution in [3.8, 4) is 0 Å². The quantitative estimate of drug-likeness (QED) is 0.627. The average Bonchev–Trinajstić information content (AvgIpc) is 2.80. The average molecular weight is 166 g/mol. The van der Waals surface area contributed by atoms with E-state index in [0.717, 1.165) is 6.04 Å². The fourth-order valence-corrected chi connectivity index (χ4v) is 1.69. The molecule has 1 aromatic rings. The molecule has 0 aromatic carbocycles. The number of hydrogen-bond acceptors (Lipinski definition) is 1. The zero-order valence-electron chi connectivity index (χ0n) is 8.03. The summed E-state index contributed by atoms with van der Waals surface area (Å²) >= 11 is 0. The molecule has 0 aliphatic heterocycles. The summed E-state index contributed by atoms with van der Waals surface area (Å²) in [6.45, 7) is 4.00. The zero-order chi connectivity index (χ0) is 8.81. The molecule has 2 rings (SSSR count). The monoisotopic (exact) mass is 166 g/mol. The predicted octanol–water partition coefficient (Wildman–Crippen LogP) is 3.02. The Balaban J connectivity index is 0.000000336. The van der Waals surface area contributed by atoms with Crippen LogP contribution in [0.2, 0.25) is 0 Å². The third kappa shape index (κ3) is 2.10. The molecule has 0 bridgehead atoms. The topological polar surface area (TPSA) is 17.8 Å². The van der Waals surface area contributed by atoms with E-state index < -0.39 is 0 Å². The van der Waals surface area contributed by atoms with Crippen LogP contribution >= 0.6 is 0 Å². The van der Waals surface area contributed by atoms with Crippen molar-refractivity contribution in [3.63, 3.8) is 0 Å². The van der Waals surface area contributed by atoms with E-state index in [-0.39, 0.29) is 0 Å². The minimum Gasteiger partial charge on any atom is -0.334 e. The fraction of sp³-hybridized carbons (Fsp3) is 0.700. The summed E-state index contributed by atoms with van der Waals surface area (Å²) in [5.74, 6) is 0. The second-order valence-corrected chi connectivity index (χ2v) is 2.95. The second kappa shape index (κ2) is 4.96. The van der Waals surface area contributed by atoms with Gasteiger partial charge >= 0.3 is 0 Å². The van der Waals surface area contributed by atoms with Crippen LogP contribution in [0.15, 0.2) is 18.7 Å². The molecule has 0 spiro atoms. The molecule has 0 unspecified atom stereocenters. The van der Waals surface area contributed by atoms with Gasteiger partial charge in [-0.2, -0.15) is 0 Å². The molecule has 12 heavy (non-hydrogen) atoms. The lowest BCUT2D eigenvalue weighted by Gasteiger charge is -2.08. The fourth-order valence-electron chi connectivity index (χ4n) is 1.69. The standard InChI is InChI=1S/C8H12N2.C2H6/c1-2-4-8(3-1)10-6-5-9-7-10;1-2/h5-8H,1-4H2;1-2H3. The second-order valence-electron chi connectivity index (χ2n) is 2.95. The molecule has 1 aromatic heterocycles. The Morgan fingerprint density at radius 2 is 1.92 bits per heavy atom. The highest BCUT2D eigenvalue weighted by Crippen LogP contribution is 2.28. The summed E-state index contributed by atoms with van der Waals surface area (Å²) in [4.78, 5) is 4.03.